The molecule has 1 aromatic rings. The number of alkyl halides is 1. The topological polar surface area (TPSA) is 82.0 Å². The van der Waals surface area contributed by atoms with Crippen molar-refractivity contribution < 1.29 is 4.79 Å². The van der Waals surface area contributed by atoms with Crippen molar-refractivity contribution >= 4 is 27.5 Å². The molecule has 0 unspecified atom stereocenters. The van der Waals surface area contributed by atoms with E-state index in [2.05, 4.69) is 20.9 Å². The number of rotatable bonds is 2. The number of carbonyl (C=O) groups excluding carboxylic acids is 1. The molecule has 1 heterocycles. The molecule has 0 spiro atoms. The van der Waals surface area contributed by atoms with Crippen LogP contribution in [0.3, 0.4) is 0 Å². The van der Waals surface area contributed by atoms with Gasteiger partial charge >= 0.3 is 0 Å². The van der Waals surface area contributed by atoms with E-state index >= 15 is 0 Å². The van der Waals surface area contributed by atoms with Crippen molar-refractivity contribution in [2.45, 2.75) is 5.33 Å². The molecule has 0 saturated carbocycles. The van der Waals surface area contributed by atoms with Gasteiger partial charge < -0.3 is 11.5 Å². The molecule has 1 amide bonds. The first-order valence-corrected chi connectivity index (χ1v) is 4.37. The Kier molecular flexibility index (Phi) is 2.65. The summed E-state index contributed by atoms with van der Waals surface area (Å²) in [5.41, 5.74) is 11.9. The van der Waals surface area contributed by atoms with E-state index in [-0.39, 0.29) is 5.69 Å². The average Bonchev–Trinajstić information content (AvgIpc) is 2.03. The van der Waals surface area contributed by atoms with Gasteiger partial charge in [0.05, 0.1) is 5.69 Å². The Labute approximate surface area is 78.1 Å². The number of anilines is 1. The number of hydrogen-bond acceptors (Lipinski definition) is 3. The molecule has 0 saturated heterocycles. The van der Waals surface area contributed by atoms with E-state index in [1.165, 1.54) is 0 Å². The maximum atomic E-state index is 10.7. The van der Waals surface area contributed by atoms with E-state index in [0.29, 0.717) is 11.0 Å². The Morgan fingerprint density at radius 3 is 2.75 bits per heavy atom. The molecule has 0 bridgehead atoms. The molecule has 0 aromatic carbocycles. The first kappa shape index (κ1) is 8.99. The van der Waals surface area contributed by atoms with E-state index in [1.807, 2.05) is 0 Å². The molecule has 12 heavy (non-hydrogen) atoms. The van der Waals surface area contributed by atoms with Crippen molar-refractivity contribution in [1.29, 1.82) is 0 Å². The monoisotopic (exact) mass is 229 g/mol. The molecule has 0 atom stereocenters. The second kappa shape index (κ2) is 3.53. The minimum Gasteiger partial charge on any atom is -0.397 e. The second-order valence-electron chi connectivity index (χ2n) is 2.28. The fourth-order valence-corrected chi connectivity index (χ4v) is 1.11. The zero-order valence-electron chi connectivity index (χ0n) is 6.25. The second-order valence-corrected chi connectivity index (χ2v) is 2.84. The molecule has 0 aliphatic carbocycles. The summed E-state index contributed by atoms with van der Waals surface area (Å²) in [4.78, 5) is 14.5. The number of primary amides is 1. The summed E-state index contributed by atoms with van der Waals surface area (Å²) < 4.78 is 0. The number of aromatic nitrogens is 1. The predicted octanol–water partition coefficient (Wildman–Crippen LogP) is 0.658. The van der Waals surface area contributed by atoms with Crippen molar-refractivity contribution in [3.05, 3.63) is 23.5 Å². The van der Waals surface area contributed by atoms with Crippen molar-refractivity contribution in [2.75, 3.05) is 5.73 Å². The fourth-order valence-electron chi connectivity index (χ4n) is 0.806. The lowest BCUT2D eigenvalue weighted by Crippen LogP contribution is -2.15. The number of nitrogen functional groups attached to an aromatic ring is 1. The van der Waals surface area contributed by atoms with Crippen LogP contribution >= 0.6 is 15.9 Å². The molecule has 0 aliphatic heterocycles. The molecule has 0 fully saturated rings. The van der Waals surface area contributed by atoms with Crippen LogP contribution in [0.15, 0.2) is 12.3 Å². The zero-order chi connectivity index (χ0) is 9.14. The van der Waals surface area contributed by atoms with E-state index in [9.17, 15) is 4.79 Å². The highest BCUT2D eigenvalue weighted by Crippen LogP contribution is 2.12. The smallest absolute Gasteiger partial charge is 0.269 e. The summed E-state index contributed by atoms with van der Waals surface area (Å²) in [5.74, 6) is -0.603. The standard InChI is InChI=1S/C7H8BrN3O/c8-2-4-1-5(9)6(7(10)12)11-3-4/h1,3H,2,9H2,(H2,10,12). The number of nitrogens with zero attached hydrogens (tertiary/aromatic N) is 1. The number of amides is 1. The normalized spacial score (nSPS) is 9.75. The maximum Gasteiger partial charge on any atom is 0.269 e. The van der Waals surface area contributed by atoms with E-state index in [4.69, 9.17) is 11.5 Å². The van der Waals surface area contributed by atoms with Gasteiger partial charge in [0.15, 0.2) is 5.69 Å². The number of halogens is 1. The first-order chi connectivity index (χ1) is 5.65. The largest absolute Gasteiger partial charge is 0.397 e. The number of pyridine rings is 1. The predicted molar refractivity (Wildman–Crippen MR) is 49.8 cm³/mol. The molecule has 1 aromatic heterocycles. The van der Waals surface area contributed by atoms with Crippen molar-refractivity contribution in [2.24, 2.45) is 5.73 Å². The van der Waals surface area contributed by atoms with E-state index in [0.717, 1.165) is 5.56 Å². The van der Waals surface area contributed by atoms with Crippen LogP contribution in [-0.2, 0) is 5.33 Å². The third-order valence-corrected chi connectivity index (χ3v) is 2.01. The first-order valence-electron chi connectivity index (χ1n) is 3.25. The van der Waals surface area contributed by atoms with Gasteiger partial charge in [-0.3, -0.25) is 4.79 Å². The lowest BCUT2D eigenvalue weighted by atomic mass is 10.2. The number of carbonyl (C=O) groups is 1. The Hall–Kier alpha value is -1.10. The Morgan fingerprint density at radius 2 is 2.33 bits per heavy atom. The number of nitrogens with two attached hydrogens (primary N) is 2. The van der Waals surface area contributed by atoms with Gasteiger partial charge in [-0.05, 0) is 11.6 Å². The van der Waals surface area contributed by atoms with Crippen molar-refractivity contribution in [3.63, 3.8) is 0 Å². The zero-order valence-corrected chi connectivity index (χ0v) is 7.84. The van der Waals surface area contributed by atoms with Crippen molar-refractivity contribution in [1.82, 2.24) is 4.98 Å². The lowest BCUT2D eigenvalue weighted by Gasteiger charge is -2.01. The summed E-state index contributed by atoms with van der Waals surface area (Å²) >= 11 is 3.24. The fraction of sp³-hybridized carbons (Fsp3) is 0.143. The van der Waals surface area contributed by atoms with Gasteiger partial charge in [0.25, 0.3) is 5.91 Å². The lowest BCUT2D eigenvalue weighted by molar-refractivity contribution is 0.0996. The maximum absolute atomic E-state index is 10.7. The van der Waals surface area contributed by atoms with Gasteiger partial charge in [0.1, 0.15) is 0 Å². The minimum absolute atomic E-state index is 0.125. The van der Waals surface area contributed by atoms with E-state index < -0.39 is 5.91 Å². The van der Waals surface area contributed by atoms with Crippen LogP contribution in [0.2, 0.25) is 0 Å². The average molecular weight is 230 g/mol. The van der Waals surface area contributed by atoms with Crippen LogP contribution in [0.1, 0.15) is 16.1 Å². The molecule has 5 heteroatoms. The Morgan fingerprint density at radius 1 is 1.67 bits per heavy atom. The summed E-state index contributed by atoms with van der Waals surface area (Å²) in [6, 6.07) is 1.67. The number of hydrogen-bond donors (Lipinski definition) is 2. The minimum atomic E-state index is -0.603. The van der Waals surface area contributed by atoms with Gasteiger partial charge in [0.2, 0.25) is 0 Å². The molecular formula is C7H8BrN3O. The molecule has 4 N–H and O–H groups in total. The SMILES string of the molecule is NC(=O)c1ncc(CBr)cc1N. The van der Waals surface area contributed by atoms with Crippen LogP contribution in [0, 0.1) is 0 Å². The summed E-state index contributed by atoms with van der Waals surface area (Å²) in [6.07, 6.45) is 1.56. The van der Waals surface area contributed by atoms with Gasteiger partial charge in [-0.2, -0.15) is 0 Å². The molecular weight excluding hydrogens is 222 g/mol. The van der Waals surface area contributed by atoms with Crippen LogP contribution in [0.4, 0.5) is 5.69 Å². The third kappa shape index (κ3) is 1.73. The van der Waals surface area contributed by atoms with Crippen LogP contribution in [0.5, 0.6) is 0 Å². The third-order valence-electron chi connectivity index (χ3n) is 1.36. The highest BCUT2D eigenvalue weighted by atomic mass is 79.9. The van der Waals surface area contributed by atoms with Crippen LogP contribution < -0.4 is 11.5 Å². The molecule has 0 aliphatic rings. The summed E-state index contributed by atoms with van der Waals surface area (Å²) in [7, 11) is 0. The van der Waals surface area contributed by atoms with E-state index in [1.54, 1.807) is 12.3 Å². The highest BCUT2D eigenvalue weighted by Gasteiger charge is 2.06. The summed E-state index contributed by atoms with van der Waals surface area (Å²) in [5, 5.41) is 0.656. The van der Waals surface area contributed by atoms with Gasteiger partial charge in [-0.1, -0.05) is 15.9 Å². The van der Waals surface area contributed by atoms with Crippen molar-refractivity contribution in [3.8, 4) is 0 Å². The molecule has 4 nitrogen and oxygen atoms in total. The Balaban J connectivity index is 3.12. The highest BCUT2D eigenvalue weighted by molar-refractivity contribution is 9.08. The molecule has 1 rings (SSSR count). The molecule has 64 valence electrons. The quantitative estimate of drug-likeness (QED) is 0.732. The van der Waals surface area contributed by atoms with Gasteiger partial charge in [-0.15, -0.1) is 0 Å². The molecule has 0 radical (unpaired) electrons. The summed E-state index contributed by atoms with van der Waals surface area (Å²) in [6.45, 7) is 0. The van der Waals surface area contributed by atoms with Gasteiger partial charge in [0, 0.05) is 11.5 Å². The van der Waals surface area contributed by atoms with Crippen LogP contribution in [-0.4, -0.2) is 10.9 Å². The Bertz CT molecular complexity index is 314. The van der Waals surface area contributed by atoms with Crippen LogP contribution in [0.25, 0.3) is 0 Å². The van der Waals surface area contributed by atoms with Gasteiger partial charge in [-0.25, -0.2) is 4.98 Å².